The summed E-state index contributed by atoms with van der Waals surface area (Å²) in [6, 6.07) is 5.46. The van der Waals surface area contributed by atoms with Gasteiger partial charge >= 0.3 is 5.97 Å². The predicted octanol–water partition coefficient (Wildman–Crippen LogP) is 3.88. The van der Waals surface area contributed by atoms with Gasteiger partial charge < -0.3 is 19.5 Å². The number of rotatable bonds is 8. The van der Waals surface area contributed by atoms with Gasteiger partial charge in [0.25, 0.3) is 5.91 Å². The van der Waals surface area contributed by atoms with Crippen LogP contribution in [-0.4, -0.2) is 63.5 Å². The summed E-state index contributed by atoms with van der Waals surface area (Å²) in [6.07, 6.45) is 5.12. The molecule has 10 heteroatoms. The van der Waals surface area contributed by atoms with Crippen LogP contribution in [0.1, 0.15) is 47.7 Å². The van der Waals surface area contributed by atoms with Crippen molar-refractivity contribution >= 4 is 23.2 Å². The van der Waals surface area contributed by atoms with Crippen LogP contribution in [0.15, 0.2) is 48.2 Å². The Bertz CT molecular complexity index is 1190. The average Bonchev–Trinajstić information content (AvgIpc) is 3.59. The fraction of sp³-hybridized carbons (Fsp3) is 0.462. The standard InChI is InChI=1S/C26H32N4O5S/c1-26(2,3)19-8-7-16(13-20(19)35-5)24(31)30-21(23-27-10-12-36-23)18(15-34-4)17(22(30)25(32)33)14-29-11-6-9-28-29/h6-13,17-18,21-22H,14-15H2,1-5H3,(H,32,33)/t17-,18-,21+,22-/m0/s1. The first-order valence-electron chi connectivity index (χ1n) is 11.8. The number of carboxylic acid groups (broad SMARTS) is 1. The molecule has 1 saturated heterocycles. The van der Waals surface area contributed by atoms with Crippen LogP contribution >= 0.6 is 11.3 Å². The van der Waals surface area contributed by atoms with Gasteiger partial charge in [0.2, 0.25) is 0 Å². The van der Waals surface area contributed by atoms with E-state index in [9.17, 15) is 14.7 Å². The Morgan fingerprint density at radius 1 is 1.17 bits per heavy atom. The molecule has 0 aliphatic carbocycles. The molecule has 4 rings (SSSR count). The Morgan fingerprint density at radius 2 is 1.94 bits per heavy atom. The van der Waals surface area contributed by atoms with Gasteiger partial charge in [0, 0.05) is 55.0 Å². The Labute approximate surface area is 214 Å². The maximum atomic E-state index is 14.1. The molecule has 1 aliphatic heterocycles. The lowest BCUT2D eigenvalue weighted by Gasteiger charge is -2.29. The van der Waals surface area contributed by atoms with Crippen LogP contribution < -0.4 is 4.74 Å². The third-order valence-electron chi connectivity index (χ3n) is 6.73. The van der Waals surface area contributed by atoms with E-state index in [2.05, 4.69) is 30.9 Å². The molecule has 0 saturated carbocycles. The molecule has 0 spiro atoms. The summed E-state index contributed by atoms with van der Waals surface area (Å²) in [5, 5.41) is 17.2. The number of carbonyl (C=O) groups excluding carboxylic acids is 1. The van der Waals surface area contributed by atoms with Gasteiger partial charge in [0.05, 0.1) is 19.8 Å². The number of amides is 1. The van der Waals surface area contributed by atoms with E-state index >= 15 is 0 Å². The number of aliphatic carboxylic acids is 1. The quantitative estimate of drug-likeness (QED) is 0.488. The number of carboxylic acids is 1. The first kappa shape index (κ1) is 25.8. The van der Waals surface area contributed by atoms with E-state index in [0.717, 1.165) is 5.56 Å². The Hall–Kier alpha value is -3.24. The zero-order chi connectivity index (χ0) is 26.0. The summed E-state index contributed by atoms with van der Waals surface area (Å²) in [5.41, 5.74) is 1.14. The molecular weight excluding hydrogens is 480 g/mol. The van der Waals surface area contributed by atoms with Crippen LogP contribution in [0.4, 0.5) is 0 Å². The molecule has 1 aliphatic rings. The maximum absolute atomic E-state index is 14.1. The third-order valence-corrected chi connectivity index (χ3v) is 7.57. The van der Waals surface area contributed by atoms with Gasteiger partial charge in [-0.15, -0.1) is 11.3 Å². The molecule has 0 radical (unpaired) electrons. The van der Waals surface area contributed by atoms with Gasteiger partial charge in [-0.25, -0.2) is 9.78 Å². The van der Waals surface area contributed by atoms with Gasteiger partial charge in [-0.1, -0.05) is 26.8 Å². The highest BCUT2D eigenvalue weighted by atomic mass is 32.1. The minimum Gasteiger partial charge on any atom is -0.496 e. The molecule has 1 fully saturated rings. The SMILES string of the molecule is COC[C@H]1[C@H](Cn2cccn2)[C@@H](C(=O)O)N(C(=O)c2ccc(C(C)(C)C)c(OC)c2)[C@H]1c1nccs1. The van der Waals surface area contributed by atoms with Crippen LogP contribution in [0.3, 0.4) is 0 Å². The molecule has 4 atom stereocenters. The highest BCUT2D eigenvalue weighted by Gasteiger charge is 2.55. The summed E-state index contributed by atoms with van der Waals surface area (Å²) in [7, 11) is 3.15. The Balaban J connectivity index is 1.83. The lowest BCUT2D eigenvalue weighted by Crippen LogP contribution is -2.45. The fourth-order valence-corrected chi connectivity index (χ4v) is 5.96. The van der Waals surface area contributed by atoms with Crippen LogP contribution in [0, 0.1) is 11.8 Å². The van der Waals surface area contributed by atoms with E-state index in [1.165, 1.54) is 16.2 Å². The molecule has 3 heterocycles. The lowest BCUT2D eigenvalue weighted by atomic mass is 9.85. The first-order valence-corrected chi connectivity index (χ1v) is 12.6. The van der Waals surface area contributed by atoms with Crippen molar-refractivity contribution in [2.45, 2.75) is 44.8 Å². The fourth-order valence-electron chi connectivity index (χ4n) is 5.15. The van der Waals surface area contributed by atoms with Gasteiger partial charge in [-0.3, -0.25) is 9.48 Å². The number of hydrogen-bond acceptors (Lipinski definition) is 7. The monoisotopic (exact) mass is 512 g/mol. The normalized spacial score (nSPS) is 22.1. The second kappa shape index (κ2) is 10.4. The number of aromatic nitrogens is 3. The summed E-state index contributed by atoms with van der Waals surface area (Å²) in [5.74, 6) is -1.61. The molecule has 3 aromatic rings. The van der Waals surface area contributed by atoms with Gasteiger partial charge in [-0.05, 0) is 29.2 Å². The van der Waals surface area contributed by atoms with Crippen molar-refractivity contribution in [1.82, 2.24) is 19.7 Å². The number of methoxy groups -OCH3 is 2. The van der Waals surface area contributed by atoms with Crippen LogP contribution in [0.2, 0.25) is 0 Å². The van der Waals surface area contributed by atoms with Gasteiger partial charge in [0.15, 0.2) is 0 Å². The number of ether oxygens (including phenoxy) is 2. The first-order chi connectivity index (χ1) is 17.2. The van der Waals surface area contributed by atoms with Crippen LogP contribution in [-0.2, 0) is 21.5 Å². The number of nitrogens with zero attached hydrogens (tertiary/aromatic N) is 4. The van der Waals surface area contributed by atoms with E-state index in [-0.39, 0.29) is 23.8 Å². The predicted molar refractivity (Wildman–Crippen MR) is 135 cm³/mol. The third kappa shape index (κ3) is 4.87. The smallest absolute Gasteiger partial charge is 0.326 e. The number of likely N-dealkylation sites (tertiary alicyclic amines) is 1. The van der Waals surface area contributed by atoms with Crippen molar-refractivity contribution in [2.75, 3.05) is 20.8 Å². The molecule has 1 amide bonds. The molecule has 0 unspecified atom stereocenters. The van der Waals surface area contributed by atoms with Crippen molar-refractivity contribution in [2.24, 2.45) is 11.8 Å². The largest absolute Gasteiger partial charge is 0.496 e. The number of thiazole rings is 1. The Kier molecular flexibility index (Phi) is 7.46. The van der Waals surface area contributed by atoms with Crippen molar-refractivity contribution in [3.05, 3.63) is 64.4 Å². The minimum absolute atomic E-state index is 0.188. The summed E-state index contributed by atoms with van der Waals surface area (Å²) in [4.78, 5) is 32.8. The number of benzene rings is 1. The summed E-state index contributed by atoms with van der Waals surface area (Å²) < 4.78 is 12.9. The van der Waals surface area contributed by atoms with E-state index in [1.54, 1.807) is 55.7 Å². The van der Waals surface area contributed by atoms with Crippen molar-refractivity contribution in [3.63, 3.8) is 0 Å². The van der Waals surface area contributed by atoms with Crippen LogP contribution in [0.5, 0.6) is 5.75 Å². The number of carbonyl (C=O) groups is 2. The topological polar surface area (TPSA) is 107 Å². The maximum Gasteiger partial charge on any atom is 0.326 e. The van der Waals surface area contributed by atoms with Crippen molar-refractivity contribution in [3.8, 4) is 5.75 Å². The highest BCUT2D eigenvalue weighted by Crippen LogP contribution is 2.47. The lowest BCUT2D eigenvalue weighted by molar-refractivity contribution is -0.143. The average molecular weight is 513 g/mol. The molecule has 2 aromatic heterocycles. The summed E-state index contributed by atoms with van der Waals surface area (Å²) >= 11 is 1.40. The molecule has 1 aromatic carbocycles. The molecule has 192 valence electrons. The van der Waals surface area contributed by atoms with E-state index in [1.807, 2.05) is 11.4 Å². The molecule has 9 nitrogen and oxygen atoms in total. The minimum atomic E-state index is -1.09. The van der Waals surface area contributed by atoms with Gasteiger partial charge in [0.1, 0.15) is 16.8 Å². The molecule has 0 bridgehead atoms. The highest BCUT2D eigenvalue weighted by molar-refractivity contribution is 7.09. The van der Waals surface area contributed by atoms with Crippen molar-refractivity contribution in [1.29, 1.82) is 0 Å². The Morgan fingerprint density at radius 3 is 2.50 bits per heavy atom. The summed E-state index contributed by atoms with van der Waals surface area (Å²) in [6.45, 7) is 6.81. The molecule has 1 N–H and O–H groups in total. The molecule has 36 heavy (non-hydrogen) atoms. The zero-order valence-corrected chi connectivity index (χ0v) is 21.9. The second-order valence-corrected chi connectivity index (χ2v) is 10.9. The van der Waals surface area contributed by atoms with Crippen molar-refractivity contribution < 1.29 is 24.2 Å². The van der Waals surface area contributed by atoms with Gasteiger partial charge in [-0.2, -0.15) is 5.10 Å². The second-order valence-electron chi connectivity index (χ2n) is 9.99. The van der Waals surface area contributed by atoms with Crippen LogP contribution in [0.25, 0.3) is 0 Å². The van der Waals surface area contributed by atoms with E-state index in [4.69, 9.17) is 9.47 Å². The van der Waals surface area contributed by atoms with E-state index in [0.29, 0.717) is 22.9 Å². The van der Waals surface area contributed by atoms with E-state index < -0.39 is 24.0 Å². The zero-order valence-electron chi connectivity index (χ0n) is 21.1. The molecular formula is C26H32N4O5S. The number of hydrogen-bond donors (Lipinski definition) is 1.